The molecule has 1 aliphatic carbocycles. The first-order chi connectivity index (χ1) is 9.33. The van der Waals surface area contributed by atoms with E-state index in [0.717, 1.165) is 24.2 Å². The van der Waals surface area contributed by atoms with E-state index in [1.54, 1.807) is 6.20 Å². The molecule has 1 fully saturated rings. The molecule has 0 aromatic heterocycles. The minimum atomic E-state index is 0.156. The fourth-order valence-electron chi connectivity index (χ4n) is 2.54. The number of ether oxygens (including phenoxy) is 1. The number of hydrogen-bond donors (Lipinski definition) is 0. The Labute approximate surface area is 118 Å². The maximum Gasteiger partial charge on any atom is 0.128 e. The lowest BCUT2D eigenvalue weighted by atomic mass is 9.91. The van der Waals surface area contributed by atoms with Gasteiger partial charge in [0.05, 0.1) is 0 Å². The van der Waals surface area contributed by atoms with Gasteiger partial charge in [0.15, 0.2) is 0 Å². The zero-order chi connectivity index (χ0) is 13.1. The largest absolute Gasteiger partial charge is 0.485 e. The van der Waals surface area contributed by atoms with Crippen molar-refractivity contribution in [3.63, 3.8) is 0 Å². The van der Waals surface area contributed by atoms with E-state index in [9.17, 15) is 0 Å². The predicted octanol–water partition coefficient (Wildman–Crippen LogP) is 4.64. The van der Waals surface area contributed by atoms with Crippen molar-refractivity contribution < 1.29 is 4.74 Å². The molecule has 1 atom stereocenters. The summed E-state index contributed by atoms with van der Waals surface area (Å²) in [5, 5.41) is 0.703. The van der Waals surface area contributed by atoms with Crippen molar-refractivity contribution in [2.24, 2.45) is 4.99 Å². The zero-order valence-corrected chi connectivity index (χ0v) is 11.4. The average Bonchev–Trinajstić information content (AvgIpc) is 2.42. The van der Waals surface area contributed by atoms with E-state index < -0.39 is 0 Å². The monoisotopic (exact) mass is 273 g/mol. The van der Waals surface area contributed by atoms with Gasteiger partial charge >= 0.3 is 0 Å². The maximum atomic E-state index is 6.19. The summed E-state index contributed by atoms with van der Waals surface area (Å²) < 4.78 is 6.19. The Morgan fingerprint density at radius 2 is 2.21 bits per heavy atom. The number of rotatable bonds is 0. The summed E-state index contributed by atoms with van der Waals surface area (Å²) in [5.41, 5.74) is 2.35. The lowest BCUT2D eigenvalue weighted by molar-refractivity contribution is 0.203. The number of halogens is 1. The van der Waals surface area contributed by atoms with Gasteiger partial charge in [0, 0.05) is 23.0 Å². The fourth-order valence-corrected chi connectivity index (χ4v) is 2.71. The van der Waals surface area contributed by atoms with Crippen molar-refractivity contribution >= 4 is 23.9 Å². The van der Waals surface area contributed by atoms with E-state index in [-0.39, 0.29) is 6.10 Å². The Balaban J connectivity index is 2.01. The van der Waals surface area contributed by atoms with Crippen molar-refractivity contribution in [2.45, 2.75) is 31.8 Å². The van der Waals surface area contributed by atoms with Crippen LogP contribution in [0.15, 0.2) is 41.0 Å². The highest BCUT2D eigenvalue weighted by atomic mass is 35.5. The molecule has 1 aromatic carbocycles. The van der Waals surface area contributed by atoms with Gasteiger partial charge in [-0.1, -0.05) is 11.6 Å². The third kappa shape index (κ3) is 2.90. The molecule has 0 radical (unpaired) electrons. The molecule has 1 heterocycles. The van der Waals surface area contributed by atoms with Crippen LogP contribution in [0.4, 0.5) is 0 Å². The molecule has 98 valence electrons. The molecule has 0 bridgehead atoms. The van der Waals surface area contributed by atoms with Crippen LogP contribution in [0.1, 0.15) is 31.2 Å². The average molecular weight is 274 g/mol. The number of hydrogen-bond acceptors (Lipinski definition) is 2. The molecule has 1 aromatic rings. The highest BCUT2D eigenvalue weighted by Gasteiger charge is 2.21. The molecule has 1 aliphatic heterocycles. The number of fused-ring (bicyclic) bond motifs is 2. The minimum Gasteiger partial charge on any atom is -0.485 e. The van der Waals surface area contributed by atoms with E-state index in [4.69, 9.17) is 16.3 Å². The van der Waals surface area contributed by atoms with Gasteiger partial charge in [0.2, 0.25) is 0 Å². The van der Waals surface area contributed by atoms with Gasteiger partial charge in [-0.25, -0.2) is 0 Å². The van der Waals surface area contributed by atoms with E-state index in [1.807, 2.05) is 30.5 Å². The van der Waals surface area contributed by atoms with Gasteiger partial charge in [-0.2, -0.15) is 0 Å². The standard InChI is InChI=1S/C16H16ClNO/c17-14-6-5-13-8-10-18-9-7-12-3-1-2-4-15(12)19-16(13)11-14/h5-11,15H,1-4H2. The molecule has 3 rings (SSSR count). The third-order valence-electron chi connectivity index (χ3n) is 3.56. The molecule has 0 N–H and O–H groups in total. The van der Waals surface area contributed by atoms with Gasteiger partial charge in [-0.3, -0.25) is 4.99 Å². The van der Waals surface area contributed by atoms with Gasteiger partial charge in [0.1, 0.15) is 11.9 Å². The molecule has 1 saturated carbocycles. The van der Waals surface area contributed by atoms with E-state index in [2.05, 4.69) is 11.1 Å². The summed E-state index contributed by atoms with van der Waals surface area (Å²) in [6, 6.07) is 5.73. The fraction of sp³-hybridized carbons (Fsp3) is 0.312. The van der Waals surface area contributed by atoms with Gasteiger partial charge < -0.3 is 4.74 Å². The molecule has 2 aliphatic rings. The van der Waals surface area contributed by atoms with E-state index in [0.29, 0.717) is 5.02 Å². The lowest BCUT2D eigenvalue weighted by Crippen LogP contribution is -2.23. The zero-order valence-electron chi connectivity index (χ0n) is 10.7. The summed E-state index contributed by atoms with van der Waals surface area (Å²) in [5.74, 6) is 0.846. The molecule has 3 heteroatoms. The molecule has 19 heavy (non-hydrogen) atoms. The predicted molar refractivity (Wildman–Crippen MR) is 79.9 cm³/mol. The van der Waals surface area contributed by atoms with Crippen LogP contribution in [0.3, 0.4) is 0 Å². The number of nitrogens with zero attached hydrogens (tertiary/aromatic N) is 1. The number of allylic oxidation sites excluding steroid dienone is 1. The first kappa shape index (κ1) is 12.5. The second-order valence-corrected chi connectivity index (χ2v) is 5.33. The van der Waals surface area contributed by atoms with Gasteiger partial charge in [0.25, 0.3) is 0 Å². The topological polar surface area (TPSA) is 21.6 Å². The van der Waals surface area contributed by atoms with Crippen LogP contribution >= 0.6 is 11.6 Å². The van der Waals surface area contributed by atoms with Crippen molar-refractivity contribution in [3.05, 3.63) is 46.6 Å². The molecular formula is C16H16ClNO. The van der Waals surface area contributed by atoms with Gasteiger partial charge in [-0.15, -0.1) is 0 Å². The Bertz CT molecular complexity index is 560. The first-order valence-corrected chi connectivity index (χ1v) is 7.06. The van der Waals surface area contributed by atoms with Crippen LogP contribution < -0.4 is 4.74 Å². The van der Waals surface area contributed by atoms with Crippen molar-refractivity contribution in [3.8, 4) is 5.75 Å². The third-order valence-corrected chi connectivity index (χ3v) is 3.79. The molecule has 2 nitrogen and oxygen atoms in total. The van der Waals surface area contributed by atoms with Crippen LogP contribution in [-0.2, 0) is 0 Å². The molecule has 0 amide bonds. The quantitative estimate of drug-likeness (QED) is 0.675. The second-order valence-electron chi connectivity index (χ2n) is 4.89. The summed E-state index contributed by atoms with van der Waals surface area (Å²) in [6.07, 6.45) is 12.4. The van der Waals surface area contributed by atoms with Crippen LogP contribution in [0.5, 0.6) is 5.75 Å². The Morgan fingerprint density at radius 1 is 1.26 bits per heavy atom. The Hall–Kier alpha value is -1.54. The number of benzene rings is 1. The van der Waals surface area contributed by atoms with Crippen LogP contribution in [0, 0.1) is 0 Å². The summed E-state index contributed by atoms with van der Waals surface area (Å²) in [6.45, 7) is 0. The Morgan fingerprint density at radius 3 is 3.16 bits per heavy atom. The van der Waals surface area contributed by atoms with Crippen molar-refractivity contribution in [1.29, 1.82) is 0 Å². The smallest absolute Gasteiger partial charge is 0.128 e. The maximum absolute atomic E-state index is 6.19. The highest BCUT2D eigenvalue weighted by molar-refractivity contribution is 6.30. The highest BCUT2D eigenvalue weighted by Crippen LogP contribution is 2.32. The first-order valence-electron chi connectivity index (χ1n) is 6.68. The lowest BCUT2D eigenvalue weighted by Gasteiger charge is -2.27. The molecule has 1 unspecified atom stereocenters. The van der Waals surface area contributed by atoms with Crippen molar-refractivity contribution in [2.75, 3.05) is 0 Å². The number of aliphatic imine (C=N–C) groups is 1. The normalized spacial score (nSPS) is 21.9. The minimum absolute atomic E-state index is 0.156. The van der Waals surface area contributed by atoms with Crippen LogP contribution in [0.2, 0.25) is 5.02 Å². The van der Waals surface area contributed by atoms with E-state index in [1.165, 1.54) is 18.4 Å². The Kier molecular flexibility index (Phi) is 3.69. The summed E-state index contributed by atoms with van der Waals surface area (Å²) >= 11 is 6.07. The van der Waals surface area contributed by atoms with Gasteiger partial charge in [-0.05, 0) is 61.6 Å². The van der Waals surface area contributed by atoms with Crippen LogP contribution in [-0.4, -0.2) is 12.3 Å². The van der Waals surface area contributed by atoms with Crippen molar-refractivity contribution in [1.82, 2.24) is 0 Å². The molecule has 0 saturated heterocycles. The van der Waals surface area contributed by atoms with Crippen LogP contribution in [0.25, 0.3) is 6.08 Å². The second kappa shape index (κ2) is 5.62. The van der Waals surface area contributed by atoms with E-state index >= 15 is 0 Å². The summed E-state index contributed by atoms with van der Waals surface area (Å²) in [4.78, 5) is 4.27. The molecule has 0 spiro atoms. The summed E-state index contributed by atoms with van der Waals surface area (Å²) in [7, 11) is 0. The molecular weight excluding hydrogens is 258 g/mol. The SMILES string of the molecule is Clc1ccc2c(c1)OC1CCCCC1=CC=NC=C2.